The fourth-order valence-corrected chi connectivity index (χ4v) is 1.37. The first-order chi connectivity index (χ1) is 8.09. The van der Waals surface area contributed by atoms with Crippen LogP contribution in [0.4, 0.5) is 17.3 Å². The molecule has 18 heavy (non-hydrogen) atoms. The second-order valence-electron chi connectivity index (χ2n) is 5.42. The molecule has 1 rings (SSSR count). The largest absolute Gasteiger partial charge is 0.513 e. The minimum absolute atomic E-state index is 0.0448. The molecule has 0 radical (unpaired) electrons. The van der Waals surface area contributed by atoms with Gasteiger partial charge >= 0.3 is 6.98 Å². The Morgan fingerprint density at radius 3 is 2.28 bits per heavy atom. The van der Waals surface area contributed by atoms with E-state index < -0.39 is 24.0 Å². The van der Waals surface area contributed by atoms with Gasteiger partial charge in [0.1, 0.15) is 5.82 Å². The van der Waals surface area contributed by atoms with Gasteiger partial charge < -0.3 is 17.7 Å². The van der Waals surface area contributed by atoms with Crippen LogP contribution in [-0.4, -0.2) is 13.6 Å². The van der Waals surface area contributed by atoms with E-state index in [2.05, 4.69) is 0 Å². The van der Waals surface area contributed by atoms with Crippen LogP contribution in [-0.2, 0) is 0 Å². The molecule has 0 aromatic heterocycles. The van der Waals surface area contributed by atoms with Gasteiger partial charge in [-0.15, -0.1) is 0 Å². The third kappa shape index (κ3) is 4.59. The zero-order valence-corrected chi connectivity index (χ0v) is 10.6. The molecule has 0 bridgehead atoms. The molecule has 102 valence electrons. The van der Waals surface area contributed by atoms with Gasteiger partial charge in [-0.3, -0.25) is 0 Å². The summed E-state index contributed by atoms with van der Waals surface area (Å²) in [4.78, 5) is 0. The molecule has 0 fully saturated rings. The monoisotopic (exact) mass is 263 g/mol. The molecule has 0 aliphatic heterocycles. The zero-order chi connectivity index (χ0) is 14.0. The molecule has 6 heteroatoms. The molecule has 0 aliphatic rings. The smallest absolute Gasteiger partial charge is 0.496 e. The van der Waals surface area contributed by atoms with Crippen molar-refractivity contribution in [2.75, 3.05) is 6.61 Å². The number of halogens is 4. The quantitative estimate of drug-likeness (QED) is 0.594. The van der Waals surface area contributed by atoms with Crippen LogP contribution in [0.5, 0.6) is 5.75 Å². The van der Waals surface area contributed by atoms with Crippen molar-refractivity contribution >= 4 is 12.4 Å². The number of rotatable bonds is 4. The van der Waals surface area contributed by atoms with E-state index in [9.17, 15) is 17.3 Å². The summed E-state index contributed by atoms with van der Waals surface area (Å²) in [5.41, 5.74) is -0.929. The molecule has 1 aromatic rings. The van der Waals surface area contributed by atoms with Crippen molar-refractivity contribution in [1.29, 1.82) is 0 Å². The molecule has 1 nitrogen and oxygen atoms in total. The van der Waals surface area contributed by atoms with E-state index in [0.29, 0.717) is 6.42 Å². The summed E-state index contributed by atoms with van der Waals surface area (Å²) in [6.07, 6.45) is 0.591. The van der Waals surface area contributed by atoms with Crippen molar-refractivity contribution < 1.29 is 22.1 Å². The van der Waals surface area contributed by atoms with Crippen LogP contribution in [0.1, 0.15) is 27.2 Å². The minimum atomic E-state index is -5.19. The van der Waals surface area contributed by atoms with Crippen LogP contribution in [0, 0.1) is 11.2 Å². The topological polar surface area (TPSA) is 9.23 Å². The third-order valence-corrected chi connectivity index (χ3v) is 2.44. The zero-order valence-electron chi connectivity index (χ0n) is 10.6. The predicted octanol–water partition coefficient (Wildman–Crippen LogP) is 3.70. The van der Waals surface area contributed by atoms with Crippen molar-refractivity contribution in [3.05, 3.63) is 24.0 Å². The van der Waals surface area contributed by atoms with Gasteiger partial charge in [0.25, 0.3) is 0 Å². The average molecular weight is 263 g/mol. The maximum atomic E-state index is 13.0. The molecule has 0 N–H and O–H groups in total. The Hall–Kier alpha value is -1.20. The number of ether oxygens (including phenoxy) is 1. The van der Waals surface area contributed by atoms with Crippen LogP contribution < -0.4 is 10.2 Å². The summed E-state index contributed by atoms with van der Waals surface area (Å²) >= 11 is 0. The summed E-state index contributed by atoms with van der Waals surface area (Å²) in [7, 11) is 0. The van der Waals surface area contributed by atoms with Gasteiger partial charge in [0.15, 0.2) is 0 Å². The summed E-state index contributed by atoms with van der Waals surface area (Å²) < 4.78 is 56.1. The molecule has 0 amide bonds. The van der Waals surface area contributed by atoms with E-state index in [0.717, 1.165) is 18.2 Å². The number of hydrogen-bond acceptors (Lipinski definition) is 1. The maximum absolute atomic E-state index is 13.0. The number of hydrogen-bond donors (Lipinski definition) is 0. The van der Waals surface area contributed by atoms with Gasteiger partial charge in [-0.2, -0.15) is 0 Å². The molecular formula is C12H16BF4O-. The average Bonchev–Trinajstić information content (AvgIpc) is 2.13. The van der Waals surface area contributed by atoms with E-state index in [1.807, 2.05) is 20.8 Å². The van der Waals surface area contributed by atoms with E-state index in [-0.39, 0.29) is 12.0 Å². The molecule has 0 saturated carbocycles. The van der Waals surface area contributed by atoms with Gasteiger partial charge in [0, 0.05) is 6.07 Å². The fourth-order valence-electron chi connectivity index (χ4n) is 1.37. The van der Waals surface area contributed by atoms with Crippen molar-refractivity contribution in [2.45, 2.75) is 27.2 Å². The van der Waals surface area contributed by atoms with Gasteiger partial charge in [-0.05, 0) is 17.9 Å². The lowest BCUT2D eigenvalue weighted by atomic mass is 9.79. The standard InChI is InChI=1S/C12H16BF4O/c1-12(2,3)6-7-18-11-8-9(14)4-5-10(11)13(15,16)17/h4-5,8H,6-7H2,1-3H3/q-1. The first kappa shape index (κ1) is 14.9. The lowest BCUT2D eigenvalue weighted by Crippen LogP contribution is -2.35. The van der Waals surface area contributed by atoms with Gasteiger partial charge in [-0.25, -0.2) is 4.39 Å². The molecule has 1 aromatic carbocycles. The molecule has 0 aliphatic carbocycles. The maximum Gasteiger partial charge on any atom is 0.513 e. The lowest BCUT2D eigenvalue weighted by molar-refractivity contribution is 0.243. The van der Waals surface area contributed by atoms with Gasteiger partial charge in [-0.1, -0.05) is 32.3 Å². The Kier molecular flexibility index (Phi) is 4.30. The van der Waals surface area contributed by atoms with Crippen LogP contribution >= 0.6 is 0 Å². The third-order valence-electron chi connectivity index (χ3n) is 2.44. The molecular weight excluding hydrogens is 247 g/mol. The van der Waals surface area contributed by atoms with Crippen LogP contribution in [0.3, 0.4) is 0 Å². The summed E-state index contributed by atoms with van der Waals surface area (Å²) in [5, 5.41) is 0. The Balaban J connectivity index is 2.84. The Labute approximate surface area is 104 Å². The highest BCUT2D eigenvalue weighted by Crippen LogP contribution is 2.22. The first-order valence-corrected chi connectivity index (χ1v) is 5.72. The molecule has 0 atom stereocenters. The normalized spacial score (nSPS) is 12.6. The predicted molar refractivity (Wildman–Crippen MR) is 64.7 cm³/mol. The molecule has 0 saturated heterocycles. The molecule has 0 spiro atoms. The summed E-state index contributed by atoms with van der Waals surface area (Å²) in [5.74, 6) is -1.16. The second kappa shape index (κ2) is 5.20. The van der Waals surface area contributed by atoms with Crippen molar-refractivity contribution in [2.24, 2.45) is 5.41 Å². The second-order valence-corrected chi connectivity index (χ2v) is 5.42. The first-order valence-electron chi connectivity index (χ1n) is 5.72. The van der Waals surface area contributed by atoms with E-state index >= 15 is 0 Å². The van der Waals surface area contributed by atoms with E-state index in [1.54, 1.807) is 0 Å². The van der Waals surface area contributed by atoms with Crippen molar-refractivity contribution in [3.8, 4) is 5.75 Å². The SMILES string of the molecule is CC(C)(C)CCOc1cc(F)ccc1[B-](F)(F)F. The van der Waals surface area contributed by atoms with E-state index in [1.165, 1.54) is 0 Å². The number of benzene rings is 1. The Morgan fingerprint density at radius 1 is 1.17 bits per heavy atom. The molecule has 0 heterocycles. The van der Waals surface area contributed by atoms with Gasteiger partial charge in [0.2, 0.25) is 0 Å². The summed E-state index contributed by atoms with van der Waals surface area (Å²) in [6.45, 7) is 0.806. The Bertz CT molecular complexity index is 410. The van der Waals surface area contributed by atoms with Crippen LogP contribution in [0.15, 0.2) is 18.2 Å². The Morgan fingerprint density at radius 2 is 1.78 bits per heavy atom. The lowest BCUT2D eigenvalue weighted by Gasteiger charge is -2.22. The highest BCUT2D eigenvalue weighted by Gasteiger charge is 2.29. The summed E-state index contributed by atoms with van der Waals surface area (Å²) in [6, 6.07) is 2.30. The van der Waals surface area contributed by atoms with Crippen LogP contribution in [0.2, 0.25) is 0 Å². The van der Waals surface area contributed by atoms with Crippen molar-refractivity contribution in [3.63, 3.8) is 0 Å². The van der Waals surface area contributed by atoms with Crippen molar-refractivity contribution in [1.82, 2.24) is 0 Å². The minimum Gasteiger partial charge on any atom is -0.496 e. The highest BCUT2D eigenvalue weighted by molar-refractivity contribution is 6.74. The van der Waals surface area contributed by atoms with Crippen LogP contribution in [0.25, 0.3) is 0 Å². The fraction of sp³-hybridized carbons (Fsp3) is 0.500. The van der Waals surface area contributed by atoms with E-state index in [4.69, 9.17) is 4.74 Å². The highest BCUT2D eigenvalue weighted by atomic mass is 19.4. The molecule has 0 unspecified atom stereocenters. The van der Waals surface area contributed by atoms with Gasteiger partial charge in [0.05, 0.1) is 12.4 Å².